The van der Waals surface area contributed by atoms with Crippen molar-refractivity contribution in [2.75, 3.05) is 5.32 Å². The van der Waals surface area contributed by atoms with E-state index in [0.29, 0.717) is 23.1 Å². The average Bonchev–Trinajstić information content (AvgIpc) is 2.97. The molecule has 9 heteroatoms. The summed E-state index contributed by atoms with van der Waals surface area (Å²) in [5.74, 6) is -0.154. The molecular formula is C15H16Cl2N4O3. The summed E-state index contributed by atoms with van der Waals surface area (Å²) in [6.07, 6.45) is 0.997. The third-order valence-corrected chi connectivity index (χ3v) is 3.87. The topological polar surface area (TPSA) is 99.2 Å². The van der Waals surface area contributed by atoms with E-state index in [1.54, 1.807) is 37.4 Å². The number of halogens is 2. The molecule has 1 unspecified atom stereocenters. The lowest BCUT2D eigenvalue weighted by Gasteiger charge is -2.15. The van der Waals surface area contributed by atoms with Gasteiger partial charge >= 0.3 is 0 Å². The van der Waals surface area contributed by atoms with Crippen molar-refractivity contribution in [1.82, 2.24) is 9.78 Å². The molecule has 0 spiro atoms. The maximum absolute atomic E-state index is 12.2. The molecule has 0 aliphatic rings. The lowest BCUT2D eigenvalue weighted by molar-refractivity contribution is -0.122. The van der Waals surface area contributed by atoms with E-state index in [1.807, 2.05) is 0 Å². The molecule has 0 saturated carbocycles. The quantitative estimate of drug-likeness (QED) is 0.781. The first-order chi connectivity index (χ1) is 11.4. The number of ether oxygens (including phenoxy) is 1. The van der Waals surface area contributed by atoms with Crippen LogP contribution in [-0.2, 0) is 16.1 Å². The normalized spacial score (nSPS) is 11.8. The first kappa shape index (κ1) is 18.1. The zero-order chi connectivity index (χ0) is 17.7. The first-order valence-electron chi connectivity index (χ1n) is 7.10. The van der Waals surface area contributed by atoms with Crippen molar-refractivity contribution in [1.29, 1.82) is 0 Å². The van der Waals surface area contributed by atoms with Crippen LogP contribution in [0.1, 0.15) is 13.3 Å². The van der Waals surface area contributed by atoms with Crippen LogP contribution in [0.5, 0.6) is 5.75 Å². The maximum Gasteiger partial charge on any atom is 0.266 e. The number of nitrogens with zero attached hydrogens (tertiary/aromatic N) is 2. The molecule has 0 radical (unpaired) electrons. The van der Waals surface area contributed by atoms with Crippen molar-refractivity contribution in [2.24, 2.45) is 5.73 Å². The van der Waals surface area contributed by atoms with E-state index in [0.717, 1.165) is 0 Å². The first-order valence-corrected chi connectivity index (χ1v) is 7.85. The van der Waals surface area contributed by atoms with Gasteiger partial charge in [-0.25, -0.2) is 0 Å². The second-order valence-electron chi connectivity index (χ2n) is 4.98. The van der Waals surface area contributed by atoms with Crippen molar-refractivity contribution in [2.45, 2.75) is 26.0 Å². The summed E-state index contributed by atoms with van der Waals surface area (Å²) in [7, 11) is 0. The van der Waals surface area contributed by atoms with Crippen LogP contribution in [-0.4, -0.2) is 27.7 Å². The van der Waals surface area contributed by atoms with Gasteiger partial charge < -0.3 is 15.8 Å². The summed E-state index contributed by atoms with van der Waals surface area (Å²) < 4.78 is 7.04. The fourth-order valence-corrected chi connectivity index (χ4v) is 2.16. The number of anilines is 1. The van der Waals surface area contributed by atoms with Gasteiger partial charge in [-0.2, -0.15) is 5.10 Å². The van der Waals surface area contributed by atoms with Crippen molar-refractivity contribution < 1.29 is 14.3 Å². The Morgan fingerprint density at radius 2 is 2.12 bits per heavy atom. The van der Waals surface area contributed by atoms with Gasteiger partial charge in [0.15, 0.2) is 11.9 Å². The summed E-state index contributed by atoms with van der Waals surface area (Å²) >= 11 is 11.9. The number of benzene rings is 1. The lowest BCUT2D eigenvalue weighted by atomic mass is 10.3. The molecule has 1 aromatic carbocycles. The third kappa shape index (κ3) is 4.87. The molecule has 2 rings (SSSR count). The molecule has 1 heterocycles. The fraction of sp³-hybridized carbons (Fsp3) is 0.267. The van der Waals surface area contributed by atoms with E-state index >= 15 is 0 Å². The molecular weight excluding hydrogens is 355 g/mol. The molecule has 7 nitrogen and oxygen atoms in total. The number of carbonyl (C=O) groups excluding carboxylic acids is 2. The Balaban J connectivity index is 1.94. The van der Waals surface area contributed by atoms with Gasteiger partial charge in [-0.3, -0.25) is 14.3 Å². The number of nitrogens with two attached hydrogens (primary N) is 1. The summed E-state index contributed by atoms with van der Waals surface area (Å²) in [6, 6.07) is 6.53. The molecule has 1 aromatic heterocycles. The molecule has 2 amide bonds. The Morgan fingerprint density at radius 3 is 2.83 bits per heavy atom. The van der Waals surface area contributed by atoms with Crippen molar-refractivity contribution in [3.8, 4) is 5.75 Å². The zero-order valence-electron chi connectivity index (χ0n) is 12.8. The summed E-state index contributed by atoms with van der Waals surface area (Å²) in [5, 5.41) is 7.32. The number of primary amides is 1. The van der Waals surface area contributed by atoms with Gasteiger partial charge in [0.2, 0.25) is 5.91 Å². The Bertz CT molecular complexity index is 748. The second-order valence-corrected chi connectivity index (χ2v) is 5.77. The standard InChI is InChI=1S/C15H16Cl2N4O3/c1-9(24-11-4-2-3-10(16)14(11)17)15(23)19-13-6-8-21(20-13)7-5-12(18)22/h2-4,6,8-9H,5,7H2,1H3,(H2,18,22)(H,19,20,23). The van der Waals surface area contributed by atoms with Gasteiger partial charge in [0.1, 0.15) is 10.8 Å². The fourth-order valence-electron chi connectivity index (χ4n) is 1.82. The molecule has 2 aromatic rings. The van der Waals surface area contributed by atoms with Gasteiger partial charge in [-0.05, 0) is 19.1 Å². The van der Waals surface area contributed by atoms with E-state index < -0.39 is 17.9 Å². The average molecular weight is 371 g/mol. The number of aryl methyl sites for hydroxylation is 1. The molecule has 0 aliphatic carbocycles. The number of rotatable bonds is 7. The minimum atomic E-state index is -0.809. The summed E-state index contributed by atoms with van der Waals surface area (Å²) in [6.45, 7) is 1.92. The number of hydrogen-bond acceptors (Lipinski definition) is 4. The maximum atomic E-state index is 12.2. The Kier molecular flexibility index (Phi) is 6.05. The van der Waals surface area contributed by atoms with Gasteiger partial charge in [-0.1, -0.05) is 29.3 Å². The van der Waals surface area contributed by atoms with Crippen molar-refractivity contribution in [3.63, 3.8) is 0 Å². The van der Waals surface area contributed by atoms with Crippen LogP contribution < -0.4 is 15.8 Å². The molecule has 128 valence electrons. The Labute approximate surface area is 148 Å². The lowest BCUT2D eigenvalue weighted by Crippen LogP contribution is -2.30. The SMILES string of the molecule is CC(Oc1cccc(Cl)c1Cl)C(=O)Nc1ccn(CCC(N)=O)n1. The smallest absolute Gasteiger partial charge is 0.266 e. The highest BCUT2D eigenvalue weighted by atomic mass is 35.5. The summed E-state index contributed by atoms with van der Waals surface area (Å²) in [5.41, 5.74) is 5.08. The second kappa shape index (κ2) is 8.03. The highest BCUT2D eigenvalue weighted by Crippen LogP contribution is 2.32. The van der Waals surface area contributed by atoms with Crippen LogP contribution in [0.4, 0.5) is 5.82 Å². The number of hydrogen-bond donors (Lipinski definition) is 2. The number of amides is 2. The van der Waals surface area contributed by atoms with Crippen LogP contribution in [0, 0.1) is 0 Å². The van der Waals surface area contributed by atoms with Crippen LogP contribution >= 0.6 is 23.2 Å². The van der Waals surface area contributed by atoms with Crippen LogP contribution in [0.2, 0.25) is 10.0 Å². The van der Waals surface area contributed by atoms with Gasteiger partial charge in [-0.15, -0.1) is 0 Å². The van der Waals surface area contributed by atoms with Crippen LogP contribution in [0.25, 0.3) is 0 Å². The van der Waals surface area contributed by atoms with Gasteiger partial charge in [0, 0.05) is 25.2 Å². The molecule has 0 saturated heterocycles. The third-order valence-electron chi connectivity index (χ3n) is 3.07. The van der Waals surface area contributed by atoms with Crippen LogP contribution in [0.15, 0.2) is 30.5 Å². The minimum absolute atomic E-state index is 0.168. The van der Waals surface area contributed by atoms with E-state index in [9.17, 15) is 9.59 Å². The predicted molar refractivity (Wildman–Crippen MR) is 91.2 cm³/mol. The van der Waals surface area contributed by atoms with E-state index in [1.165, 1.54) is 4.68 Å². The number of aromatic nitrogens is 2. The molecule has 0 fully saturated rings. The van der Waals surface area contributed by atoms with Crippen molar-refractivity contribution in [3.05, 3.63) is 40.5 Å². The molecule has 0 bridgehead atoms. The highest BCUT2D eigenvalue weighted by Gasteiger charge is 2.18. The molecule has 3 N–H and O–H groups in total. The van der Waals surface area contributed by atoms with Gasteiger partial charge in [0.25, 0.3) is 5.91 Å². The highest BCUT2D eigenvalue weighted by molar-refractivity contribution is 6.42. The van der Waals surface area contributed by atoms with E-state index in [4.69, 9.17) is 33.7 Å². The Morgan fingerprint density at radius 1 is 1.38 bits per heavy atom. The van der Waals surface area contributed by atoms with E-state index in [2.05, 4.69) is 10.4 Å². The molecule has 0 aliphatic heterocycles. The van der Waals surface area contributed by atoms with Gasteiger partial charge in [0.05, 0.1) is 5.02 Å². The predicted octanol–water partition coefficient (Wildman–Crippen LogP) is 2.47. The number of nitrogens with one attached hydrogen (secondary N) is 1. The molecule has 24 heavy (non-hydrogen) atoms. The van der Waals surface area contributed by atoms with Crippen LogP contribution in [0.3, 0.4) is 0 Å². The number of carbonyl (C=O) groups is 2. The minimum Gasteiger partial charge on any atom is -0.479 e. The van der Waals surface area contributed by atoms with E-state index in [-0.39, 0.29) is 11.4 Å². The summed E-state index contributed by atoms with van der Waals surface area (Å²) in [4.78, 5) is 22.9. The Hall–Kier alpha value is -2.25. The molecule has 1 atom stereocenters. The zero-order valence-corrected chi connectivity index (χ0v) is 14.3. The van der Waals surface area contributed by atoms with Crippen molar-refractivity contribution >= 4 is 40.8 Å². The largest absolute Gasteiger partial charge is 0.479 e. The monoisotopic (exact) mass is 370 g/mol.